The molecule has 1 unspecified atom stereocenters. The summed E-state index contributed by atoms with van der Waals surface area (Å²) in [6.07, 6.45) is 1.45. The molecular weight excluding hydrogens is 406 g/mol. The zero-order chi connectivity index (χ0) is 22.1. The van der Waals surface area contributed by atoms with Crippen LogP contribution in [0, 0.1) is 11.6 Å². The first-order valence-corrected chi connectivity index (χ1v) is 9.23. The van der Waals surface area contributed by atoms with Gasteiger partial charge < -0.3 is 9.84 Å². The lowest BCUT2D eigenvalue weighted by Crippen LogP contribution is -2.30. The van der Waals surface area contributed by atoms with Crippen molar-refractivity contribution in [3.8, 4) is 5.75 Å². The van der Waals surface area contributed by atoms with Crippen LogP contribution < -0.4 is 9.64 Å². The van der Waals surface area contributed by atoms with Crippen molar-refractivity contribution in [2.24, 2.45) is 0 Å². The van der Waals surface area contributed by atoms with Gasteiger partial charge in [-0.1, -0.05) is 18.2 Å². The number of aromatic nitrogens is 1. The Kier molecular flexibility index (Phi) is 5.21. The minimum absolute atomic E-state index is 0.231. The molecule has 1 N–H and O–H groups in total. The van der Waals surface area contributed by atoms with E-state index < -0.39 is 35.1 Å². The number of halogens is 2. The molecular formula is C23H16F2N2O4. The number of rotatable bonds is 4. The Bertz CT molecular complexity index is 1210. The molecule has 0 aliphatic carbocycles. The van der Waals surface area contributed by atoms with Gasteiger partial charge >= 0.3 is 0 Å². The summed E-state index contributed by atoms with van der Waals surface area (Å²) in [5.74, 6) is -3.96. The van der Waals surface area contributed by atoms with Crippen LogP contribution in [0.1, 0.15) is 17.3 Å². The van der Waals surface area contributed by atoms with Crippen LogP contribution in [0.15, 0.2) is 72.4 Å². The third kappa shape index (κ3) is 3.52. The Morgan fingerprint density at radius 3 is 2.55 bits per heavy atom. The average Bonchev–Trinajstić information content (AvgIpc) is 3.04. The number of benzene rings is 2. The van der Waals surface area contributed by atoms with Crippen molar-refractivity contribution >= 4 is 23.1 Å². The molecule has 8 heteroatoms. The van der Waals surface area contributed by atoms with Crippen molar-refractivity contribution in [1.29, 1.82) is 0 Å². The van der Waals surface area contributed by atoms with Crippen LogP contribution in [0.4, 0.5) is 14.5 Å². The predicted octanol–water partition coefficient (Wildman–Crippen LogP) is 3.99. The SMILES string of the molecule is COc1cccc(/C(O)=C2\C(=O)C(=O)N(c3ccc(F)cc3F)C2c2ccccn2)c1. The number of nitrogens with zero attached hydrogens (tertiary/aromatic N) is 2. The summed E-state index contributed by atoms with van der Waals surface area (Å²) < 4.78 is 33.2. The molecule has 2 aromatic carbocycles. The molecule has 1 fully saturated rings. The van der Waals surface area contributed by atoms with Crippen LogP contribution in [0.3, 0.4) is 0 Å². The number of aliphatic hydroxyl groups excluding tert-OH is 1. The number of carbonyl (C=O) groups is 2. The zero-order valence-corrected chi connectivity index (χ0v) is 16.3. The summed E-state index contributed by atoms with van der Waals surface area (Å²) >= 11 is 0. The van der Waals surface area contributed by atoms with E-state index in [1.807, 2.05) is 0 Å². The first kappa shape index (κ1) is 20.2. The van der Waals surface area contributed by atoms with E-state index in [9.17, 15) is 23.5 Å². The maximum atomic E-state index is 14.6. The number of hydrogen-bond donors (Lipinski definition) is 1. The van der Waals surface area contributed by atoms with Crippen LogP contribution in [-0.2, 0) is 9.59 Å². The second kappa shape index (κ2) is 7.98. The minimum Gasteiger partial charge on any atom is -0.507 e. The number of ketones is 1. The van der Waals surface area contributed by atoms with Gasteiger partial charge in [0.25, 0.3) is 11.7 Å². The van der Waals surface area contributed by atoms with E-state index in [1.54, 1.807) is 36.4 Å². The number of Topliss-reactive ketones (excluding diaryl/α,β-unsaturated/α-hetero) is 1. The summed E-state index contributed by atoms with van der Waals surface area (Å²) in [6.45, 7) is 0. The smallest absolute Gasteiger partial charge is 0.300 e. The Morgan fingerprint density at radius 2 is 1.87 bits per heavy atom. The van der Waals surface area contributed by atoms with Gasteiger partial charge in [-0.25, -0.2) is 8.78 Å². The molecule has 0 bridgehead atoms. The van der Waals surface area contributed by atoms with Crippen LogP contribution in [-0.4, -0.2) is 28.9 Å². The number of carbonyl (C=O) groups excluding carboxylic acids is 2. The fourth-order valence-electron chi connectivity index (χ4n) is 3.50. The molecule has 0 radical (unpaired) electrons. The molecule has 2 heterocycles. The normalized spacial score (nSPS) is 17.8. The van der Waals surface area contributed by atoms with Crippen LogP contribution in [0.5, 0.6) is 5.75 Å². The van der Waals surface area contributed by atoms with Gasteiger partial charge in [-0.3, -0.25) is 19.5 Å². The molecule has 1 amide bonds. The standard InChI is InChI=1S/C23H16F2N2O4/c1-31-15-6-4-5-13(11-15)21(28)19-20(17-7-2-3-10-26-17)27(23(30)22(19)29)18-9-8-14(24)12-16(18)25/h2-12,20,28H,1H3/b21-19+. The molecule has 0 saturated carbocycles. The van der Waals surface area contributed by atoms with E-state index in [1.165, 1.54) is 19.4 Å². The molecule has 4 rings (SSSR count). The van der Waals surface area contributed by atoms with E-state index in [4.69, 9.17) is 4.74 Å². The lowest BCUT2D eigenvalue weighted by Gasteiger charge is -2.25. The van der Waals surface area contributed by atoms with E-state index in [0.29, 0.717) is 11.8 Å². The number of ether oxygens (including phenoxy) is 1. The summed E-state index contributed by atoms with van der Waals surface area (Å²) in [7, 11) is 1.45. The number of aliphatic hydroxyl groups is 1. The van der Waals surface area contributed by atoms with Gasteiger partial charge in [0.15, 0.2) is 0 Å². The Hall–Kier alpha value is -4.07. The highest BCUT2D eigenvalue weighted by molar-refractivity contribution is 6.51. The summed E-state index contributed by atoms with van der Waals surface area (Å²) in [5, 5.41) is 11.0. The van der Waals surface area contributed by atoms with E-state index in [-0.39, 0.29) is 22.5 Å². The monoisotopic (exact) mass is 422 g/mol. The first-order chi connectivity index (χ1) is 14.9. The third-order valence-electron chi connectivity index (χ3n) is 4.92. The average molecular weight is 422 g/mol. The van der Waals surface area contributed by atoms with Crippen molar-refractivity contribution in [3.63, 3.8) is 0 Å². The lowest BCUT2D eigenvalue weighted by molar-refractivity contribution is -0.132. The molecule has 31 heavy (non-hydrogen) atoms. The highest BCUT2D eigenvalue weighted by Crippen LogP contribution is 2.42. The van der Waals surface area contributed by atoms with Gasteiger partial charge in [0.1, 0.15) is 29.2 Å². The Labute approximate surface area is 176 Å². The van der Waals surface area contributed by atoms with E-state index in [0.717, 1.165) is 17.0 Å². The summed E-state index contributed by atoms with van der Waals surface area (Å²) in [5.41, 5.74) is -0.0998. The second-order valence-corrected chi connectivity index (χ2v) is 6.75. The number of anilines is 1. The molecule has 1 aliphatic heterocycles. The number of amides is 1. The van der Waals surface area contributed by atoms with Gasteiger partial charge in [0.2, 0.25) is 0 Å². The zero-order valence-electron chi connectivity index (χ0n) is 16.3. The molecule has 1 saturated heterocycles. The van der Waals surface area contributed by atoms with Crippen molar-refractivity contribution in [1.82, 2.24) is 4.98 Å². The van der Waals surface area contributed by atoms with Crippen molar-refractivity contribution in [2.45, 2.75) is 6.04 Å². The summed E-state index contributed by atoms with van der Waals surface area (Å²) in [6, 6.07) is 12.6. The van der Waals surface area contributed by atoms with Crippen LogP contribution in [0.25, 0.3) is 5.76 Å². The number of pyridine rings is 1. The quantitative estimate of drug-likeness (QED) is 0.391. The number of methoxy groups -OCH3 is 1. The molecule has 156 valence electrons. The maximum absolute atomic E-state index is 14.6. The maximum Gasteiger partial charge on any atom is 0.300 e. The van der Waals surface area contributed by atoms with Gasteiger partial charge in [-0.15, -0.1) is 0 Å². The lowest BCUT2D eigenvalue weighted by atomic mass is 9.98. The van der Waals surface area contributed by atoms with Crippen LogP contribution >= 0.6 is 0 Å². The molecule has 1 aromatic heterocycles. The van der Waals surface area contributed by atoms with Gasteiger partial charge in [0.05, 0.1) is 24.1 Å². The molecule has 0 spiro atoms. The topological polar surface area (TPSA) is 79.7 Å². The summed E-state index contributed by atoms with van der Waals surface area (Å²) in [4.78, 5) is 30.9. The van der Waals surface area contributed by atoms with Gasteiger partial charge in [0, 0.05) is 17.8 Å². The largest absolute Gasteiger partial charge is 0.507 e. The van der Waals surface area contributed by atoms with Gasteiger partial charge in [-0.2, -0.15) is 0 Å². The Morgan fingerprint density at radius 1 is 1.06 bits per heavy atom. The van der Waals surface area contributed by atoms with Gasteiger partial charge in [-0.05, 0) is 36.4 Å². The van der Waals surface area contributed by atoms with E-state index >= 15 is 0 Å². The van der Waals surface area contributed by atoms with E-state index in [2.05, 4.69) is 4.98 Å². The highest BCUT2D eigenvalue weighted by Gasteiger charge is 2.48. The fraction of sp³-hybridized carbons (Fsp3) is 0.0870. The predicted molar refractivity (Wildman–Crippen MR) is 108 cm³/mol. The Balaban J connectivity index is 1.96. The van der Waals surface area contributed by atoms with Crippen LogP contribution in [0.2, 0.25) is 0 Å². The molecule has 3 aromatic rings. The molecule has 1 aliphatic rings. The highest BCUT2D eigenvalue weighted by atomic mass is 19.1. The fourth-order valence-corrected chi connectivity index (χ4v) is 3.50. The molecule has 1 atom stereocenters. The minimum atomic E-state index is -1.22. The van der Waals surface area contributed by atoms with Crippen molar-refractivity contribution < 1.29 is 28.2 Å². The first-order valence-electron chi connectivity index (χ1n) is 9.23. The molecule has 6 nitrogen and oxygen atoms in total. The van der Waals surface area contributed by atoms with Crippen molar-refractivity contribution in [2.75, 3.05) is 12.0 Å². The number of hydrogen-bond acceptors (Lipinski definition) is 5. The second-order valence-electron chi connectivity index (χ2n) is 6.75. The van der Waals surface area contributed by atoms with Crippen molar-refractivity contribution in [3.05, 3.63) is 95.3 Å². The third-order valence-corrected chi connectivity index (χ3v) is 4.92.